The van der Waals surface area contributed by atoms with Crippen molar-refractivity contribution in [2.45, 2.75) is 51.9 Å². The molecule has 8 nitrogen and oxygen atoms in total. The topological polar surface area (TPSA) is 119 Å². The van der Waals surface area contributed by atoms with E-state index in [1.165, 1.54) is 6.92 Å². The van der Waals surface area contributed by atoms with Gasteiger partial charge >= 0.3 is 18.0 Å². The van der Waals surface area contributed by atoms with E-state index in [4.69, 9.17) is 9.47 Å². The highest BCUT2D eigenvalue weighted by atomic mass is 32.2. The van der Waals surface area contributed by atoms with E-state index in [0.717, 1.165) is 11.8 Å². The molecule has 0 radical (unpaired) electrons. The van der Waals surface area contributed by atoms with Crippen LogP contribution in [0.4, 0.5) is 4.79 Å². The number of esters is 1. The molecule has 1 rings (SSSR count). The highest BCUT2D eigenvalue weighted by Crippen LogP contribution is 2.12. The van der Waals surface area contributed by atoms with E-state index in [0.29, 0.717) is 5.56 Å². The van der Waals surface area contributed by atoms with Crippen molar-refractivity contribution in [1.82, 2.24) is 5.32 Å². The van der Waals surface area contributed by atoms with Gasteiger partial charge in [-0.05, 0) is 26.3 Å². The van der Waals surface area contributed by atoms with Crippen molar-refractivity contribution in [3.8, 4) is 0 Å². The lowest BCUT2D eigenvalue weighted by molar-refractivity contribution is -0.164. The van der Waals surface area contributed by atoms with Gasteiger partial charge in [-0.15, -0.1) is 0 Å². The normalized spacial score (nSPS) is 13.1. The van der Waals surface area contributed by atoms with Crippen LogP contribution in [-0.2, 0) is 30.3 Å². The number of rotatable bonds is 8. The summed E-state index contributed by atoms with van der Waals surface area (Å²) in [6.07, 6.45) is -2.32. The molecule has 0 aliphatic carbocycles. The number of ether oxygens (including phenoxy) is 2. The van der Waals surface area contributed by atoms with Gasteiger partial charge in [0.05, 0.1) is 0 Å². The standard InChI is InChI=1S/C19H25NO7S/c1-12(21)28-11-14(20-18(25)27-19(2,3)4)17(24)26-15(16(22)23)10-13-8-6-5-7-9-13/h5-9,14-15H,10-11H2,1-4H3,(H,20,25)(H,22,23)/t14-,15+/m1/s1. The molecule has 0 unspecified atom stereocenters. The molecular formula is C19H25NO7S. The molecule has 0 aliphatic rings. The largest absolute Gasteiger partial charge is 0.478 e. The number of hydrogen-bond acceptors (Lipinski definition) is 7. The van der Waals surface area contributed by atoms with Gasteiger partial charge in [0.2, 0.25) is 6.10 Å². The number of carboxylic acids is 1. The fraction of sp³-hybridized carbons (Fsp3) is 0.474. The predicted octanol–water partition coefficient (Wildman–Crippen LogP) is 2.40. The van der Waals surface area contributed by atoms with E-state index in [2.05, 4.69) is 5.32 Å². The van der Waals surface area contributed by atoms with Gasteiger partial charge in [0, 0.05) is 19.1 Å². The van der Waals surface area contributed by atoms with Crippen molar-refractivity contribution in [1.29, 1.82) is 0 Å². The molecule has 0 bridgehead atoms. The second-order valence-electron chi connectivity index (χ2n) is 6.95. The Morgan fingerprint density at radius 1 is 1.14 bits per heavy atom. The van der Waals surface area contributed by atoms with Crippen molar-refractivity contribution in [3.05, 3.63) is 35.9 Å². The number of benzene rings is 1. The molecule has 1 aromatic rings. The first-order valence-electron chi connectivity index (χ1n) is 8.58. The molecule has 1 amide bonds. The van der Waals surface area contributed by atoms with Crippen molar-refractivity contribution < 1.29 is 33.8 Å². The predicted molar refractivity (Wildman–Crippen MR) is 104 cm³/mol. The Bertz CT molecular complexity index is 700. The summed E-state index contributed by atoms with van der Waals surface area (Å²) < 4.78 is 10.2. The average Bonchev–Trinajstić information content (AvgIpc) is 2.56. The van der Waals surface area contributed by atoms with E-state index in [1.807, 2.05) is 0 Å². The quantitative estimate of drug-likeness (QED) is 0.626. The molecule has 0 heterocycles. The second-order valence-corrected chi connectivity index (χ2v) is 8.15. The van der Waals surface area contributed by atoms with Crippen molar-refractivity contribution in [2.75, 3.05) is 5.75 Å². The molecule has 0 saturated heterocycles. The summed E-state index contributed by atoms with van der Waals surface area (Å²) in [4.78, 5) is 47.2. The Kier molecular flexibility index (Phi) is 8.98. The van der Waals surface area contributed by atoms with Gasteiger partial charge in [0.15, 0.2) is 5.12 Å². The number of thioether (sulfide) groups is 1. The molecule has 1 aromatic carbocycles. The molecule has 9 heteroatoms. The third-order valence-corrected chi connectivity index (χ3v) is 4.13. The highest BCUT2D eigenvalue weighted by molar-refractivity contribution is 8.13. The van der Waals surface area contributed by atoms with Crippen LogP contribution >= 0.6 is 11.8 Å². The van der Waals surface area contributed by atoms with Crippen LogP contribution in [0.25, 0.3) is 0 Å². The van der Waals surface area contributed by atoms with Crippen LogP contribution in [0, 0.1) is 0 Å². The fourth-order valence-corrected chi connectivity index (χ4v) is 2.67. The lowest BCUT2D eigenvalue weighted by Gasteiger charge is -2.23. The van der Waals surface area contributed by atoms with Crippen molar-refractivity contribution >= 4 is 34.9 Å². The minimum atomic E-state index is -1.43. The average molecular weight is 411 g/mol. The number of alkyl carbamates (subject to hydrolysis) is 1. The number of carbonyl (C=O) groups is 4. The Morgan fingerprint density at radius 2 is 1.75 bits per heavy atom. The van der Waals surface area contributed by atoms with Gasteiger partial charge in [-0.1, -0.05) is 42.1 Å². The van der Waals surface area contributed by atoms with Crippen LogP contribution in [0.3, 0.4) is 0 Å². The lowest BCUT2D eigenvalue weighted by atomic mass is 10.1. The van der Waals surface area contributed by atoms with Crippen molar-refractivity contribution in [3.63, 3.8) is 0 Å². The van der Waals surface area contributed by atoms with E-state index in [1.54, 1.807) is 51.1 Å². The van der Waals surface area contributed by atoms with Gasteiger partial charge in [-0.2, -0.15) is 0 Å². The van der Waals surface area contributed by atoms with E-state index in [-0.39, 0.29) is 17.3 Å². The SMILES string of the molecule is CC(=O)SC[C@@H](NC(=O)OC(C)(C)C)C(=O)O[C@@H](Cc1ccccc1)C(=O)O. The van der Waals surface area contributed by atoms with Gasteiger partial charge in [0.25, 0.3) is 0 Å². The molecular weight excluding hydrogens is 386 g/mol. The maximum Gasteiger partial charge on any atom is 0.408 e. The van der Waals surface area contributed by atoms with Crippen LogP contribution in [0.1, 0.15) is 33.3 Å². The molecule has 0 fully saturated rings. The molecule has 28 heavy (non-hydrogen) atoms. The van der Waals surface area contributed by atoms with Gasteiger partial charge in [0.1, 0.15) is 11.6 Å². The first-order chi connectivity index (χ1) is 13.0. The van der Waals surface area contributed by atoms with E-state index >= 15 is 0 Å². The van der Waals surface area contributed by atoms with Gasteiger partial charge in [-0.3, -0.25) is 4.79 Å². The Morgan fingerprint density at radius 3 is 2.25 bits per heavy atom. The summed E-state index contributed by atoms with van der Waals surface area (Å²) in [7, 11) is 0. The van der Waals surface area contributed by atoms with Crippen LogP contribution < -0.4 is 5.32 Å². The molecule has 2 N–H and O–H groups in total. The summed E-state index contributed by atoms with van der Waals surface area (Å²) in [5, 5.41) is 11.4. The van der Waals surface area contributed by atoms with E-state index in [9.17, 15) is 24.3 Å². The summed E-state index contributed by atoms with van der Waals surface area (Å²) in [6, 6.07) is 7.46. The number of carboxylic acid groups (broad SMARTS) is 1. The van der Waals surface area contributed by atoms with Crippen LogP contribution in [0.2, 0.25) is 0 Å². The van der Waals surface area contributed by atoms with Crippen LogP contribution in [0.15, 0.2) is 30.3 Å². The maximum absolute atomic E-state index is 12.5. The highest BCUT2D eigenvalue weighted by Gasteiger charge is 2.30. The summed E-state index contributed by atoms with van der Waals surface area (Å²) >= 11 is 0.810. The molecule has 0 saturated carbocycles. The minimum absolute atomic E-state index is 0.0269. The van der Waals surface area contributed by atoms with Gasteiger partial charge in [-0.25, -0.2) is 14.4 Å². The zero-order valence-corrected chi connectivity index (χ0v) is 17.1. The van der Waals surface area contributed by atoms with Crippen molar-refractivity contribution in [2.24, 2.45) is 0 Å². The zero-order chi connectivity index (χ0) is 21.3. The number of hydrogen-bond donors (Lipinski definition) is 2. The first kappa shape index (κ1) is 23.5. The Balaban J connectivity index is 2.85. The lowest BCUT2D eigenvalue weighted by Crippen LogP contribution is -2.47. The third-order valence-electron chi connectivity index (χ3n) is 3.23. The minimum Gasteiger partial charge on any atom is -0.478 e. The van der Waals surface area contributed by atoms with Gasteiger partial charge < -0.3 is 19.9 Å². The zero-order valence-electron chi connectivity index (χ0n) is 16.3. The summed E-state index contributed by atoms with van der Waals surface area (Å²) in [5.74, 6) is -2.37. The number of aliphatic carboxylic acids is 1. The fourth-order valence-electron chi connectivity index (χ4n) is 2.05. The maximum atomic E-state index is 12.5. The smallest absolute Gasteiger partial charge is 0.408 e. The van der Waals surface area contributed by atoms with Crippen LogP contribution in [0.5, 0.6) is 0 Å². The molecule has 0 aliphatic heterocycles. The number of carbonyl (C=O) groups excluding carboxylic acids is 3. The monoisotopic (exact) mass is 411 g/mol. The second kappa shape index (κ2) is 10.7. The first-order valence-corrected chi connectivity index (χ1v) is 9.56. The molecule has 0 aromatic heterocycles. The number of amides is 1. The molecule has 2 atom stereocenters. The number of nitrogens with one attached hydrogen (secondary N) is 1. The third kappa shape index (κ3) is 9.40. The molecule has 154 valence electrons. The molecule has 0 spiro atoms. The van der Waals surface area contributed by atoms with E-state index < -0.39 is 35.8 Å². The Labute approximate surface area is 168 Å². The Hall–Kier alpha value is -2.55. The summed E-state index contributed by atoms with van der Waals surface area (Å²) in [5.41, 5.74) is -0.110. The van der Waals surface area contributed by atoms with Crippen LogP contribution in [-0.4, -0.2) is 51.8 Å². The summed E-state index contributed by atoms with van der Waals surface area (Å²) in [6.45, 7) is 6.29.